The van der Waals surface area contributed by atoms with E-state index >= 15 is 0 Å². The van der Waals surface area contributed by atoms with Gasteiger partial charge in [-0.2, -0.15) is 0 Å². The molecule has 0 saturated carbocycles. The third-order valence-corrected chi connectivity index (χ3v) is 12.8. The van der Waals surface area contributed by atoms with E-state index in [9.17, 15) is 0 Å². The Morgan fingerprint density at radius 3 is 2.25 bits per heavy atom. The Morgan fingerprint density at radius 1 is 0.588 bits per heavy atom. The monoisotopic (exact) mass is 672 g/mol. The van der Waals surface area contributed by atoms with Crippen molar-refractivity contribution in [1.29, 1.82) is 0 Å². The van der Waals surface area contributed by atoms with E-state index in [1.54, 1.807) is 4.91 Å². The SMILES string of the molecule is C1=CC2SC3=C(C=CC(n4c5c(c6cc(-c7ccc8c(c7)c7ccccc7n8-c7ccccc7-c7ccccc7)ccc64)=CCCC=5)C3)C2C=C1. The first-order valence-corrected chi connectivity index (χ1v) is 19.1. The molecular formula is C48H36N2S. The van der Waals surface area contributed by atoms with Crippen molar-refractivity contribution in [3.05, 3.63) is 173 Å². The summed E-state index contributed by atoms with van der Waals surface area (Å²) in [5, 5.41) is 7.26. The van der Waals surface area contributed by atoms with Crippen LogP contribution in [0.15, 0.2) is 162 Å². The Hall–Kier alpha value is -5.51. The second kappa shape index (κ2) is 11.5. The molecule has 0 radical (unpaired) electrons. The van der Waals surface area contributed by atoms with Gasteiger partial charge in [-0.25, -0.2) is 0 Å². The fraction of sp³-hybridized carbons (Fsp3) is 0.125. The van der Waals surface area contributed by atoms with E-state index in [1.807, 2.05) is 0 Å². The van der Waals surface area contributed by atoms with Crippen LogP contribution < -0.4 is 10.6 Å². The van der Waals surface area contributed by atoms with Gasteiger partial charge in [0, 0.05) is 55.4 Å². The fourth-order valence-corrected chi connectivity index (χ4v) is 10.6. The molecule has 3 heteroatoms. The van der Waals surface area contributed by atoms with Crippen molar-refractivity contribution in [1.82, 2.24) is 9.13 Å². The normalized spacial score (nSPS) is 20.4. The van der Waals surface area contributed by atoms with Gasteiger partial charge in [0.1, 0.15) is 0 Å². The fourth-order valence-electron chi connectivity index (χ4n) is 9.13. The zero-order valence-corrected chi connectivity index (χ0v) is 29.1. The minimum atomic E-state index is 0.324. The smallest absolute Gasteiger partial charge is 0.0571 e. The molecule has 2 nitrogen and oxygen atoms in total. The highest BCUT2D eigenvalue weighted by Crippen LogP contribution is 2.50. The quantitative estimate of drug-likeness (QED) is 0.181. The standard InChI is InChI=1S/C48H36N2S/c1-2-12-31(13-3-1)35-14-4-8-18-42(35)50-44-20-10-6-16-37(44)41-29-33(23-27-46(41)50)32-22-26-45-40(28-32)36-15-5-9-19-43(36)49(45)34-24-25-39-38-17-7-11-21-47(38)51-48(39)30-34/h1-4,6-8,10-29,34,38,47H,5,9,30H2. The number of fused-ring (bicyclic) bond motifs is 8. The van der Waals surface area contributed by atoms with Gasteiger partial charge in [0.05, 0.1) is 22.8 Å². The predicted molar refractivity (Wildman–Crippen MR) is 218 cm³/mol. The average Bonchev–Trinajstić information content (AvgIpc) is 3.85. The van der Waals surface area contributed by atoms with Crippen LogP contribution in [-0.4, -0.2) is 14.4 Å². The van der Waals surface area contributed by atoms with Crippen molar-refractivity contribution in [3.8, 4) is 27.9 Å². The van der Waals surface area contributed by atoms with Gasteiger partial charge in [-0.15, -0.1) is 11.8 Å². The van der Waals surface area contributed by atoms with Crippen LogP contribution in [0.5, 0.6) is 0 Å². The number of para-hydroxylation sites is 2. The van der Waals surface area contributed by atoms with Gasteiger partial charge in [0.25, 0.3) is 0 Å². The van der Waals surface area contributed by atoms with E-state index in [4.69, 9.17) is 0 Å². The van der Waals surface area contributed by atoms with Crippen LogP contribution in [0.3, 0.4) is 0 Å². The Bertz CT molecular complexity index is 2820. The molecule has 3 unspecified atom stereocenters. The van der Waals surface area contributed by atoms with E-state index in [0.717, 1.165) is 19.3 Å². The van der Waals surface area contributed by atoms with Crippen LogP contribution in [0, 0.1) is 5.92 Å². The molecular weight excluding hydrogens is 637 g/mol. The molecule has 1 aliphatic heterocycles. The van der Waals surface area contributed by atoms with Gasteiger partial charge in [0.2, 0.25) is 0 Å². The van der Waals surface area contributed by atoms with Gasteiger partial charge in [-0.1, -0.05) is 127 Å². The van der Waals surface area contributed by atoms with Gasteiger partial charge in [0.15, 0.2) is 0 Å². The van der Waals surface area contributed by atoms with Crippen molar-refractivity contribution < 1.29 is 0 Å². The number of nitrogens with zero attached hydrogens (tertiary/aromatic N) is 2. The van der Waals surface area contributed by atoms with Crippen LogP contribution in [0.1, 0.15) is 25.3 Å². The molecule has 3 heterocycles. The maximum atomic E-state index is 2.64. The Kier molecular flexibility index (Phi) is 6.60. The molecule has 0 saturated heterocycles. The third kappa shape index (κ3) is 4.51. The molecule has 0 N–H and O–H groups in total. The first-order chi connectivity index (χ1) is 25.3. The highest BCUT2D eigenvalue weighted by Gasteiger charge is 2.35. The van der Waals surface area contributed by atoms with Gasteiger partial charge in [-0.05, 0) is 76.4 Å². The van der Waals surface area contributed by atoms with Crippen LogP contribution >= 0.6 is 11.8 Å². The van der Waals surface area contributed by atoms with Crippen molar-refractivity contribution >= 4 is 56.6 Å². The summed E-state index contributed by atoms with van der Waals surface area (Å²) < 4.78 is 5.09. The maximum Gasteiger partial charge on any atom is 0.0571 e. The summed E-state index contributed by atoms with van der Waals surface area (Å²) in [7, 11) is 0. The first kappa shape index (κ1) is 29.2. The third-order valence-electron chi connectivity index (χ3n) is 11.4. The topological polar surface area (TPSA) is 9.86 Å². The molecule has 2 aromatic heterocycles. The zero-order valence-electron chi connectivity index (χ0n) is 28.2. The van der Waals surface area contributed by atoms with E-state index in [2.05, 4.69) is 185 Å². The van der Waals surface area contributed by atoms with Crippen molar-refractivity contribution in [2.75, 3.05) is 0 Å². The summed E-state index contributed by atoms with van der Waals surface area (Å²) in [4.78, 5) is 1.57. The summed E-state index contributed by atoms with van der Waals surface area (Å²) in [6, 6.07) is 43.0. The minimum absolute atomic E-state index is 0.324. The molecule has 3 atom stereocenters. The molecule has 4 aliphatic rings. The predicted octanol–water partition coefficient (Wildman–Crippen LogP) is 11.0. The van der Waals surface area contributed by atoms with Crippen molar-refractivity contribution in [2.24, 2.45) is 5.92 Å². The van der Waals surface area contributed by atoms with Crippen LogP contribution in [0.4, 0.5) is 0 Å². The van der Waals surface area contributed by atoms with Gasteiger partial charge in [-0.3, -0.25) is 0 Å². The highest BCUT2D eigenvalue weighted by molar-refractivity contribution is 8.04. The van der Waals surface area contributed by atoms with Crippen LogP contribution in [0.25, 0.3) is 72.8 Å². The number of thioether (sulfide) groups is 1. The molecule has 0 spiro atoms. The largest absolute Gasteiger partial charge is 0.333 e. The van der Waals surface area contributed by atoms with E-state index in [0.29, 0.717) is 17.2 Å². The van der Waals surface area contributed by atoms with Crippen molar-refractivity contribution in [3.63, 3.8) is 0 Å². The van der Waals surface area contributed by atoms with Crippen LogP contribution in [-0.2, 0) is 0 Å². The molecule has 0 amide bonds. The van der Waals surface area contributed by atoms with Gasteiger partial charge >= 0.3 is 0 Å². The summed E-state index contributed by atoms with van der Waals surface area (Å²) in [6.45, 7) is 0. The highest BCUT2D eigenvalue weighted by atomic mass is 32.2. The lowest BCUT2D eigenvalue weighted by Crippen LogP contribution is -2.33. The van der Waals surface area contributed by atoms with Gasteiger partial charge < -0.3 is 9.13 Å². The first-order valence-electron chi connectivity index (χ1n) is 18.3. The minimum Gasteiger partial charge on any atom is -0.333 e. The number of rotatable bonds is 4. The second-order valence-corrected chi connectivity index (χ2v) is 15.5. The molecule has 244 valence electrons. The van der Waals surface area contributed by atoms with E-state index in [-0.39, 0.29) is 0 Å². The van der Waals surface area contributed by atoms with Crippen molar-refractivity contribution in [2.45, 2.75) is 30.6 Å². The Balaban J connectivity index is 1.03. The molecule has 0 bridgehead atoms. The summed E-state index contributed by atoms with van der Waals surface area (Å²) in [6.07, 6.45) is 22.3. The molecule has 3 aliphatic carbocycles. The number of benzene rings is 5. The lowest BCUT2D eigenvalue weighted by atomic mass is 9.88. The molecule has 51 heavy (non-hydrogen) atoms. The summed E-state index contributed by atoms with van der Waals surface area (Å²) in [5.41, 5.74) is 11.5. The molecule has 5 aromatic carbocycles. The van der Waals surface area contributed by atoms with Crippen LogP contribution in [0.2, 0.25) is 0 Å². The summed E-state index contributed by atoms with van der Waals surface area (Å²) >= 11 is 2.08. The number of hydrogen-bond donors (Lipinski definition) is 0. The number of hydrogen-bond acceptors (Lipinski definition) is 1. The second-order valence-electron chi connectivity index (χ2n) is 14.2. The maximum absolute atomic E-state index is 2.64. The number of allylic oxidation sites excluding steroid dienone is 7. The molecule has 0 fully saturated rings. The lowest BCUT2D eigenvalue weighted by molar-refractivity contribution is 0.602. The number of aromatic nitrogens is 2. The summed E-state index contributed by atoms with van der Waals surface area (Å²) in [5.74, 6) is 0.523. The van der Waals surface area contributed by atoms with E-state index in [1.165, 1.54) is 76.8 Å². The Morgan fingerprint density at radius 2 is 1.33 bits per heavy atom. The average molecular weight is 673 g/mol. The Labute approximate surface area is 301 Å². The van der Waals surface area contributed by atoms with E-state index < -0.39 is 0 Å². The zero-order chi connectivity index (χ0) is 33.5. The molecule has 7 aromatic rings. The molecule has 11 rings (SSSR count). The lowest BCUT2D eigenvalue weighted by Gasteiger charge is -2.23.